The minimum absolute atomic E-state index is 0.0280. The highest BCUT2D eigenvalue weighted by atomic mass is 32.2. The first-order valence-corrected chi connectivity index (χ1v) is 9.52. The minimum Gasteiger partial charge on any atom is -0.464 e. The van der Waals surface area contributed by atoms with Gasteiger partial charge in [-0.3, -0.25) is 4.68 Å². The highest BCUT2D eigenvalue weighted by Gasteiger charge is 2.95. The van der Waals surface area contributed by atoms with Gasteiger partial charge < -0.3 is 8.92 Å². The van der Waals surface area contributed by atoms with Crippen molar-refractivity contribution in [2.45, 2.75) is 49.7 Å². The smallest absolute Gasteiger partial charge is 0.424 e. The average Bonchev–Trinajstić information content (AvgIpc) is 3.02. The molecule has 2 rings (SSSR count). The molecule has 6 nitrogen and oxygen atoms in total. The Morgan fingerprint density at radius 2 is 1.56 bits per heavy atom. The highest BCUT2D eigenvalue weighted by Crippen LogP contribution is 2.69. The number of rotatable bonds is 5. The number of carbonyl (C=O) groups is 1. The predicted octanol–water partition coefficient (Wildman–Crippen LogP) is 4.52. The maximum atomic E-state index is 14.3. The number of hydrogen-bond donors (Lipinski definition) is 0. The van der Waals surface area contributed by atoms with E-state index < -0.39 is 69.0 Å². The lowest BCUT2D eigenvalue weighted by Crippen LogP contribution is -2.82. The Bertz CT molecular complexity index is 902. The van der Waals surface area contributed by atoms with Crippen LogP contribution in [0.25, 0.3) is 0 Å². The number of aryl methyl sites for hydroxylation is 1. The van der Waals surface area contributed by atoms with Crippen molar-refractivity contribution >= 4 is 17.0 Å². The second-order valence-electron chi connectivity index (χ2n) is 6.11. The molecule has 1 aromatic rings. The quantitative estimate of drug-likeness (QED) is 0.431. The molecule has 0 aliphatic heterocycles. The largest absolute Gasteiger partial charge is 0.464 e. The maximum Gasteiger partial charge on any atom is 0.424 e. The van der Waals surface area contributed by atoms with E-state index in [1.165, 1.54) is 0 Å². The van der Waals surface area contributed by atoms with Gasteiger partial charge in [0.05, 0.1) is 13.0 Å². The predicted molar refractivity (Wildman–Crippen MR) is 87.5 cm³/mol. The molecule has 0 aromatic carbocycles. The van der Waals surface area contributed by atoms with E-state index in [0.717, 1.165) is 0 Å². The van der Waals surface area contributed by atoms with E-state index in [-0.39, 0.29) is 11.6 Å². The van der Waals surface area contributed by atoms with E-state index in [4.69, 9.17) is 0 Å². The van der Waals surface area contributed by atoms with Crippen molar-refractivity contribution in [3.63, 3.8) is 0 Å². The second kappa shape index (κ2) is 8.37. The summed E-state index contributed by atoms with van der Waals surface area (Å²) in [7, 11) is 1.34. The highest BCUT2D eigenvalue weighted by molar-refractivity contribution is 7.81. The van der Waals surface area contributed by atoms with Crippen molar-refractivity contribution in [2.75, 3.05) is 7.11 Å². The fraction of sp³-hybridized carbons (Fsp3) is 0.733. The maximum absolute atomic E-state index is 14.3. The van der Waals surface area contributed by atoms with Crippen LogP contribution in [0.5, 0.6) is 5.88 Å². The van der Waals surface area contributed by atoms with Crippen LogP contribution in [0.3, 0.4) is 0 Å². The summed E-state index contributed by atoms with van der Waals surface area (Å²) in [6.07, 6.45) is -5.55. The molecule has 1 aliphatic carbocycles. The van der Waals surface area contributed by atoms with Gasteiger partial charge in [-0.15, -0.1) is 5.10 Å². The third-order valence-corrected chi connectivity index (χ3v) is 5.51. The van der Waals surface area contributed by atoms with E-state index in [1.807, 2.05) is 13.8 Å². The minimum atomic E-state index is -6.02. The number of nitrogens with zero attached hydrogens (tertiary/aromatic N) is 2. The topological polar surface area (TPSA) is 70.4 Å². The summed E-state index contributed by atoms with van der Waals surface area (Å²) >= 11 is -4.70. The fourth-order valence-corrected chi connectivity index (χ4v) is 3.69. The molecule has 186 valence electrons. The molecule has 3 unspecified atom stereocenters. The van der Waals surface area contributed by atoms with Crippen molar-refractivity contribution in [3.05, 3.63) is 11.3 Å². The Morgan fingerprint density at radius 1 is 1.09 bits per heavy atom. The summed E-state index contributed by atoms with van der Waals surface area (Å²) in [5.41, 5.74) is -9.02. The molecule has 0 spiro atoms. The average molecular weight is 510 g/mol. The third-order valence-electron chi connectivity index (χ3n) is 4.48. The van der Waals surface area contributed by atoms with E-state index in [1.54, 1.807) is 0 Å². The van der Waals surface area contributed by atoms with Gasteiger partial charge in [-0.25, -0.2) is 13.4 Å². The Labute approximate surface area is 176 Å². The number of aromatic nitrogens is 2. The van der Waals surface area contributed by atoms with E-state index >= 15 is 0 Å². The van der Waals surface area contributed by atoms with Gasteiger partial charge in [-0.2, -0.15) is 39.5 Å². The summed E-state index contributed by atoms with van der Waals surface area (Å²) in [4.78, 5) is 11.5. The molecular weight excluding hydrogens is 494 g/mol. The number of halogens is 10. The molecule has 0 N–H and O–H groups in total. The standard InChI is InChI=1S/C13H10F10N2O4S.C2H6/c1-4-9(14,12(20,21)10(4,15)16)13(22,23)30(27)29-7-5(11(17,18)19)6(8(26)28-3)25(2)24-7;1-2/h4H,1-3H3;1-2H3. The van der Waals surface area contributed by atoms with Crippen molar-refractivity contribution in [2.24, 2.45) is 13.0 Å². The Morgan fingerprint density at radius 3 is 1.94 bits per heavy atom. The first-order valence-electron chi connectivity index (χ1n) is 8.45. The number of ether oxygens (including phenoxy) is 1. The number of esters is 1. The van der Waals surface area contributed by atoms with Crippen LogP contribution in [0, 0.1) is 5.92 Å². The van der Waals surface area contributed by atoms with E-state index in [9.17, 15) is 52.9 Å². The molecule has 0 saturated heterocycles. The van der Waals surface area contributed by atoms with Gasteiger partial charge in [0, 0.05) is 7.05 Å². The number of carbonyl (C=O) groups excluding carboxylic acids is 1. The zero-order chi connectivity index (χ0) is 25.7. The van der Waals surface area contributed by atoms with Crippen LogP contribution in [-0.2, 0) is 29.0 Å². The third kappa shape index (κ3) is 3.61. The van der Waals surface area contributed by atoms with Crippen molar-refractivity contribution in [1.29, 1.82) is 0 Å². The molecule has 1 fully saturated rings. The molecule has 1 heterocycles. The number of hydrogen-bond acceptors (Lipinski definition) is 5. The van der Waals surface area contributed by atoms with E-state index in [2.05, 4.69) is 14.0 Å². The Kier molecular flexibility index (Phi) is 7.31. The van der Waals surface area contributed by atoms with Crippen LogP contribution in [0.4, 0.5) is 43.9 Å². The van der Waals surface area contributed by atoms with Crippen LogP contribution in [0.2, 0.25) is 0 Å². The van der Waals surface area contributed by atoms with Gasteiger partial charge in [-0.1, -0.05) is 20.8 Å². The van der Waals surface area contributed by atoms with Gasteiger partial charge in [0.15, 0.2) is 11.3 Å². The van der Waals surface area contributed by atoms with Gasteiger partial charge in [-0.05, 0) is 0 Å². The molecule has 0 radical (unpaired) electrons. The van der Waals surface area contributed by atoms with Crippen LogP contribution >= 0.6 is 0 Å². The van der Waals surface area contributed by atoms with Crippen LogP contribution < -0.4 is 4.18 Å². The first-order chi connectivity index (χ1) is 14.3. The lowest BCUT2D eigenvalue weighted by molar-refractivity contribution is -0.421. The first kappa shape index (κ1) is 28.0. The van der Waals surface area contributed by atoms with Gasteiger partial charge in [0.25, 0.3) is 22.6 Å². The van der Waals surface area contributed by atoms with Gasteiger partial charge in [0.1, 0.15) is 0 Å². The van der Waals surface area contributed by atoms with Crippen molar-refractivity contribution < 1.29 is 61.8 Å². The molecule has 32 heavy (non-hydrogen) atoms. The molecule has 0 bridgehead atoms. The Balaban J connectivity index is 0.00000249. The number of methoxy groups -OCH3 is 1. The van der Waals surface area contributed by atoms with E-state index in [0.29, 0.717) is 14.2 Å². The molecule has 0 amide bonds. The summed E-state index contributed by atoms with van der Waals surface area (Å²) in [5.74, 6) is -18.3. The molecule has 1 aliphatic rings. The zero-order valence-electron chi connectivity index (χ0n) is 16.8. The number of alkyl halides is 10. The molecule has 1 saturated carbocycles. The molecule has 17 heteroatoms. The lowest BCUT2D eigenvalue weighted by atomic mass is 9.64. The van der Waals surface area contributed by atoms with Crippen LogP contribution in [0.15, 0.2) is 0 Å². The van der Waals surface area contributed by atoms with Crippen molar-refractivity contribution in [3.8, 4) is 5.88 Å². The summed E-state index contributed by atoms with van der Waals surface area (Å²) < 4.78 is 155. The zero-order valence-corrected chi connectivity index (χ0v) is 17.6. The van der Waals surface area contributed by atoms with Crippen molar-refractivity contribution in [1.82, 2.24) is 9.78 Å². The SMILES string of the molecule is CC.COC(=O)c1c(C(F)(F)F)c(OS(=O)C(F)(F)C2(F)C(C)C(F)(F)C2(F)F)nn1C. The molecule has 3 atom stereocenters. The monoisotopic (exact) mass is 510 g/mol. The fourth-order valence-electron chi connectivity index (χ4n) is 2.78. The normalized spacial score (nSPS) is 25.2. The lowest BCUT2D eigenvalue weighted by Gasteiger charge is -2.55. The van der Waals surface area contributed by atoms with Gasteiger partial charge in [0.2, 0.25) is 0 Å². The molecule has 1 aromatic heterocycles. The molecular formula is C15H16F10N2O4S. The summed E-state index contributed by atoms with van der Waals surface area (Å²) in [5, 5.41) is -3.01. The second-order valence-corrected chi connectivity index (χ2v) is 7.26. The van der Waals surface area contributed by atoms with Crippen LogP contribution in [0.1, 0.15) is 36.8 Å². The van der Waals surface area contributed by atoms with Gasteiger partial charge >= 0.3 is 29.2 Å². The summed E-state index contributed by atoms with van der Waals surface area (Å²) in [6, 6.07) is 0. The Hall–Kier alpha value is -2.07. The summed E-state index contributed by atoms with van der Waals surface area (Å²) in [6.45, 7) is 3.97. The van der Waals surface area contributed by atoms with Crippen LogP contribution in [-0.4, -0.2) is 49.8 Å².